The van der Waals surface area contributed by atoms with E-state index in [2.05, 4.69) is 12.2 Å². The largest absolute Gasteiger partial charge is 0.391 e. The maximum Gasteiger partial charge on any atom is 0.313 e. The zero-order valence-corrected chi connectivity index (χ0v) is 10.9. The Balaban J connectivity index is 1.94. The summed E-state index contributed by atoms with van der Waals surface area (Å²) in [5, 5.41) is 11.9. The Bertz CT molecular complexity index is 470. The second kappa shape index (κ2) is 5.84. The third-order valence-corrected chi connectivity index (χ3v) is 3.26. The molecule has 2 rings (SSSR count). The van der Waals surface area contributed by atoms with Crippen molar-refractivity contribution in [1.82, 2.24) is 4.90 Å². The Hall–Kier alpha value is -1.88. The minimum absolute atomic E-state index is 0.237. The summed E-state index contributed by atoms with van der Waals surface area (Å²) >= 11 is 0. The molecule has 1 heterocycles. The lowest BCUT2D eigenvalue weighted by molar-refractivity contribution is -0.142. The summed E-state index contributed by atoms with van der Waals surface area (Å²) < 4.78 is 0. The first-order valence-electron chi connectivity index (χ1n) is 6.47. The molecule has 0 aromatic heterocycles. The number of likely N-dealkylation sites (tertiary alicyclic amines) is 1. The fraction of sp³-hybridized carbons (Fsp3) is 0.429. The van der Waals surface area contributed by atoms with E-state index in [1.807, 2.05) is 12.1 Å². The maximum atomic E-state index is 11.8. The van der Waals surface area contributed by atoms with Crippen molar-refractivity contribution in [3.63, 3.8) is 0 Å². The van der Waals surface area contributed by atoms with Crippen LogP contribution < -0.4 is 5.32 Å². The van der Waals surface area contributed by atoms with Crippen LogP contribution in [0.2, 0.25) is 0 Å². The van der Waals surface area contributed by atoms with E-state index in [1.54, 1.807) is 12.1 Å². The summed E-state index contributed by atoms with van der Waals surface area (Å²) in [6.45, 7) is 2.72. The number of β-amino-alcohol motifs (C(OH)–C–C–N with tert-alkyl or cyclic N) is 1. The number of hydrogen-bond donors (Lipinski definition) is 2. The third kappa shape index (κ3) is 3.32. The Labute approximate surface area is 112 Å². The highest BCUT2D eigenvalue weighted by Crippen LogP contribution is 2.12. The molecule has 0 spiro atoms. The van der Waals surface area contributed by atoms with E-state index >= 15 is 0 Å². The third-order valence-electron chi connectivity index (χ3n) is 3.26. The van der Waals surface area contributed by atoms with Crippen molar-refractivity contribution in [3.05, 3.63) is 29.8 Å². The summed E-state index contributed by atoms with van der Waals surface area (Å²) in [5.74, 6) is -1.24. The molecule has 19 heavy (non-hydrogen) atoms. The number of rotatable bonds is 2. The van der Waals surface area contributed by atoms with E-state index in [0.29, 0.717) is 18.7 Å². The molecule has 1 aromatic carbocycles. The van der Waals surface area contributed by atoms with E-state index in [9.17, 15) is 14.7 Å². The Morgan fingerprint density at radius 2 is 2.05 bits per heavy atom. The number of aliphatic hydroxyl groups excluding tert-OH is 1. The Morgan fingerprint density at radius 3 is 2.58 bits per heavy atom. The van der Waals surface area contributed by atoms with Crippen LogP contribution in [0.1, 0.15) is 18.9 Å². The van der Waals surface area contributed by atoms with Crippen LogP contribution in [0.4, 0.5) is 5.69 Å². The summed E-state index contributed by atoms with van der Waals surface area (Å²) in [5.41, 5.74) is 1.78. The first-order valence-corrected chi connectivity index (χ1v) is 6.47. The second-order valence-electron chi connectivity index (χ2n) is 4.70. The molecule has 1 saturated heterocycles. The quantitative estimate of drug-likeness (QED) is 0.774. The van der Waals surface area contributed by atoms with Gasteiger partial charge in [-0.05, 0) is 30.5 Å². The average molecular weight is 262 g/mol. The standard InChI is InChI=1S/C14H18N2O3/c1-2-10-3-5-11(6-4-10)15-13(18)14(19)16-8-7-12(17)9-16/h3-6,12,17H,2,7-9H2,1H3,(H,15,18)/t12-/m1/s1. The predicted molar refractivity (Wildman–Crippen MR) is 71.7 cm³/mol. The van der Waals surface area contributed by atoms with Crippen LogP contribution in [-0.4, -0.2) is 41.0 Å². The second-order valence-corrected chi connectivity index (χ2v) is 4.70. The van der Waals surface area contributed by atoms with E-state index < -0.39 is 17.9 Å². The highest BCUT2D eigenvalue weighted by Gasteiger charge is 2.28. The van der Waals surface area contributed by atoms with Gasteiger partial charge in [-0.2, -0.15) is 0 Å². The van der Waals surface area contributed by atoms with Gasteiger partial charge in [0.05, 0.1) is 6.10 Å². The molecule has 0 saturated carbocycles. The van der Waals surface area contributed by atoms with E-state index in [-0.39, 0.29) is 6.54 Å². The van der Waals surface area contributed by atoms with Gasteiger partial charge >= 0.3 is 11.8 Å². The van der Waals surface area contributed by atoms with Crippen LogP contribution >= 0.6 is 0 Å². The van der Waals surface area contributed by atoms with Gasteiger partial charge < -0.3 is 15.3 Å². The van der Waals surface area contributed by atoms with Gasteiger partial charge in [0.15, 0.2) is 0 Å². The number of aryl methyl sites for hydroxylation is 1. The fourth-order valence-corrected chi connectivity index (χ4v) is 2.08. The van der Waals surface area contributed by atoms with Gasteiger partial charge in [0.2, 0.25) is 0 Å². The molecule has 102 valence electrons. The van der Waals surface area contributed by atoms with Gasteiger partial charge in [0, 0.05) is 18.8 Å². The van der Waals surface area contributed by atoms with Crippen molar-refractivity contribution in [2.45, 2.75) is 25.9 Å². The molecule has 2 N–H and O–H groups in total. The number of nitrogens with zero attached hydrogens (tertiary/aromatic N) is 1. The van der Waals surface area contributed by atoms with Crippen LogP contribution in [0.3, 0.4) is 0 Å². The fourth-order valence-electron chi connectivity index (χ4n) is 2.08. The molecule has 5 heteroatoms. The minimum atomic E-state index is -0.654. The highest BCUT2D eigenvalue weighted by molar-refractivity contribution is 6.39. The monoisotopic (exact) mass is 262 g/mol. The van der Waals surface area contributed by atoms with E-state index in [4.69, 9.17) is 0 Å². The zero-order chi connectivity index (χ0) is 13.8. The van der Waals surface area contributed by atoms with Crippen molar-refractivity contribution in [1.29, 1.82) is 0 Å². The molecule has 1 fully saturated rings. The molecule has 2 amide bonds. The first kappa shape index (κ1) is 13.5. The molecule has 1 aliphatic rings. The molecule has 0 aliphatic carbocycles. The van der Waals surface area contributed by atoms with Crippen molar-refractivity contribution in [3.8, 4) is 0 Å². The molecule has 0 unspecified atom stereocenters. The summed E-state index contributed by atoms with van der Waals surface area (Å²) in [6.07, 6.45) is 0.948. The number of anilines is 1. The average Bonchev–Trinajstić information content (AvgIpc) is 2.85. The number of hydrogen-bond acceptors (Lipinski definition) is 3. The van der Waals surface area contributed by atoms with Crippen LogP contribution in [0.15, 0.2) is 24.3 Å². The summed E-state index contributed by atoms with van der Waals surface area (Å²) in [6, 6.07) is 7.39. The zero-order valence-electron chi connectivity index (χ0n) is 10.9. The lowest BCUT2D eigenvalue weighted by atomic mass is 10.1. The number of benzene rings is 1. The number of amides is 2. The van der Waals surface area contributed by atoms with Crippen LogP contribution in [-0.2, 0) is 16.0 Å². The smallest absolute Gasteiger partial charge is 0.313 e. The van der Waals surface area contributed by atoms with Crippen molar-refractivity contribution >= 4 is 17.5 Å². The lowest BCUT2D eigenvalue weighted by Crippen LogP contribution is -2.38. The molecule has 1 aliphatic heterocycles. The maximum absolute atomic E-state index is 11.8. The Kier molecular flexibility index (Phi) is 4.16. The lowest BCUT2D eigenvalue weighted by Gasteiger charge is -2.14. The highest BCUT2D eigenvalue weighted by atomic mass is 16.3. The predicted octanol–water partition coefficient (Wildman–Crippen LogP) is 0.781. The van der Waals surface area contributed by atoms with Gasteiger partial charge in [-0.3, -0.25) is 9.59 Å². The van der Waals surface area contributed by atoms with Gasteiger partial charge in [0.25, 0.3) is 0 Å². The molecular formula is C14H18N2O3. The molecule has 0 radical (unpaired) electrons. The molecular weight excluding hydrogens is 244 g/mol. The number of carbonyl (C=O) groups is 2. The Morgan fingerprint density at radius 1 is 1.37 bits per heavy atom. The molecule has 1 atom stereocenters. The van der Waals surface area contributed by atoms with Crippen LogP contribution in [0.5, 0.6) is 0 Å². The SMILES string of the molecule is CCc1ccc(NC(=O)C(=O)N2CC[C@@H](O)C2)cc1. The summed E-state index contributed by atoms with van der Waals surface area (Å²) in [4.78, 5) is 25.0. The minimum Gasteiger partial charge on any atom is -0.391 e. The number of aliphatic hydroxyl groups is 1. The first-order chi connectivity index (χ1) is 9.10. The van der Waals surface area contributed by atoms with Gasteiger partial charge in [-0.15, -0.1) is 0 Å². The van der Waals surface area contributed by atoms with E-state index in [1.165, 1.54) is 10.5 Å². The van der Waals surface area contributed by atoms with Crippen LogP contribution in [0, 0.1) is 0 Å². The van der Waals surface area contributed by atoms with Gasteiger partial charge in [-0.1, -0.05) is 19.1 Å². The summed E-state index contributed by atoms with van der Waals surface area (Å²) in [7, 11) is 0. The topological polar surface area (TPSA) is 69.6 Å². The van der Waals surface area contributed by atoms with Crippen molar-refractivity contribution in [2.75, 3.05) is 18.4 Å². The van der Waals surface area contributed by atoms with E-state index in [0.717, 1.165) is 6.42 Å². The molecule has 0 bridgehead atoms. The van der Waals surface area contributed by atoms with Gasteiger partial charge in [0.1, 0.15) is 0 Å². The number of nitrogens with one attached hydrogen (secondary N) is 1. The number of carbonyl (C=O) groups excluding carboxylic acids is 2. The van der Waals surface area contributed by atoms with Crippen LogP contribution in [0.25, 0.3) is 0 Å². The normalized spacial score (nSPS) is 18.4. The van der Waals surface area contributed by atoms with Crippen molar-refractivity contribution < 1.29 is 14.7 Å². The molecule has 5 nitrogen and oxygen atoms in total. The van der Waals surface area contributed by atoms with Crippen molar-refractivity contribution in [2.24, 2.45) is 0 Å². The van der Waals surface area contributed by atoms with Gasteiger partial charge in [-0.25, -0.2) is 0 Å². The molecule has 1 aromatic rings.